The molecule has 0 atom stereocenters. The van der Waals surface area contributed by atoms with Gasteiger partial charge >= 0.3 is 0 Å². The molecule has 78 valence electrons. The Morgan fingerprint density at radius 1 is 1.38 bits per heavy atom. The van der Waals surface area contributed by atoms with Crippen molar-refractivity contribution in [3.8, 4) is 0 Å². The highest BCUT2D eigenvalue weighted by molar-refractivity contribution is 14.1. The van der Waals surface area contributed by atoms with Crippen molar-refractivity contribution in [2.24, 2.45) is 5.92 Å². The number of hydrogen-bond donors (Lipinski definition) is 0. The van der Waals surface area contributed by atoms with E-state index in [1.807, 2.05) is 0 Å². The van der Waals surface area contributed by atoms with E-state index in [0.717, 1.165) is 12.5 Å². The molecule has 0 aromatic rings. The van der Waals surface area contributed by atoms with Gasteiger partial charge in [0.05, 0.1) is 6.10 Å². The number of piperidine rings is 1. The van der Waals surface area contributed by atoms with Gasteiger partial charge < -0.3 is 4.74 Å². The first-order valence-electron chi connectivity index (χ1n) is 5.21. The van der Waals surface area contributed by atoms with Crippen LogP contribution in [0.4, 0.5) is 0 Å². The third-order valence-electron chi connectivity index (χ3n) is 2.54. The van der Waals surface area contributed by atoms with Crippen molar-refractivity contribution >= 4 is 22.9 Å². The molecule has 1 fully saturated rings. The summed E-state index contributed by atoms with van der Waals surface area (Å²) < 4.78 is 7.94. The number of ether oxygens (including phenoxy) is 1. The molecular formula is C10H20INO. The van der Waals surface area contributed by atoms with Crippen molar-refractivity contribution in [3.63, 3.8) is 0 Å². The van der Waals surface area contributed by atoms with Crippen LogP contribution in [0.15, 0.2) is 0 Å². The Hall–Kier alpha value is 0.650. The lowest BCUT2D eigenvalue weighted by Crippen LogP contribution is -2.26. The Morgan fingerprint density at radius 3 is 2.54 bits per heavy atom. The Labute approximate surface area is 95.5 Å². The van der Waals surface area contributed by atoms with Gasteiger partial charge in [0.2, 0.25) is 0 Å². The molecule has 0 unspecified atom stereocenters. The highest BCUT2D eigenvalue weighted by Gasteiger charge is 2.16. The summed E-state index contributed by atoms with van der Waals surface area (Å²) in [4.78, 5) is 0. The summed E-state index contributed by atoms with van der Waals surface area (Å²) in [6.45, 7) is 7.67. The van der Waals surface area contributed by atoms with Crippen LogP contribution in [0.3, 0.4) is 0 Å². The first-order valence-corrected chi connectivity index (χ1v) is 6.17. The Kier molecular flexibility index (Phi) is 5.58. The Balaban J connectivity index is 2.02. The summed E-state index contributed by atoms with van der Waals surface area (Å²) in [5, 5.41) is 0. The van der Waals surface area contributed by atoms with Crippen molar-refractivity contribution in [1.29, 1.82) is 0 Å². The average Bonchev–Trinajstić information content (AvgIpc) is 2.08. The zero-order chi connectivity index (χ0) is 9.68. The predicted molar refractivity (Wildman–Crippen MR) is 64.0 cm³/mol. The summed E-state index contributed by atoms with van der Waals surface area (Å²) in [6, 6.07) is 0. The zero-order valence-corrected chi connectivity index (χ0v) is 10.8. The maximum absolute atomic E-state index is 5.56. The first-order chi connectivity index (χ1) is 6.18. The van der Waals surface area contributed by atoms with Crippen molar-refractivity contribution in [3.05, 3.63) is 0 Å². The molecule has 0 bridgehead atoms. The van der Waals surface area contributed by atoms with E-state index in [4.69, 9.17) is 4.74 Å². The quantitative estimate of drug-likeness (QED) is 0.584. The third-order valence-corrected chi connectivity index (χ3v) is 3.50. The van der Waals surface area contributed by atoms with E-state index in [-0.39, 0.29) is 0 Å². The third kappa shape index (κ3) is 5.18. The Morgan fingerprint density at radius 2 is 2.00 bits per heavy atom. The molecule has 0 saturated carbocycles. The monoisotopic (exact) mass is 297 g/mol. The minimum absolute atomic E-state index is 0.393. The second-order valence-corrected chi connectivity index (χ2v) is 5.43. The average molecular weight is 297 g/mol. The molecule has 1 saturated heterocycles. The summed E-state index contributed by atoms with van der Waals surface area (Å²) >= 11 is 2.42. The number of halogens is 1. The van der Waals surface area contributed by atoms with Crippen LogP contribution in [0.2, 0.25) is 0 Å². The van der Waals surface area contributed by atoms with Crippen molar-refractivity contribution in [1.82, 2.24) is 3.11 Å². The van der Waals surface area contributed by atoms with E-state index in [9.17, 15) is 0 Å². The summed E-state index contributed by atoms with van der Waals surface area (Å²) in [5.41, 5.74) is 0. The minimum Gasteiger partial charge on any atom is -0.379 e. The van der Waals surface area contributed by atoms with Gasteiger partial charge in [0.25, 0.3) is 0 Å². The highest BCUT2D eigenvalue weighted by Crippen LogP contribution is 2.22. The second-order valence-electron chi connectivity index (χ2n) is 4.06. The van der Waals surface area contributed by atoms with E-state index >= 15 is 0 Å². The van der Waals surface area contributed by atoms with Gasteiger partial charge in [-0.25, -0.2) is 3.11 Å². The SMILES string of the molecule is CC(C)OCCC1CCN(I)CC1. The maximum Gasteiger partial charge on any atom is 0.0518 e. The normalized spacial score (nSPS) is 21.2. The van der Waals surface area contributed by atoms with E-state index in [1.165, 1.54) is 32.4 Å². The zero-order valence-electron chi connectivity index (χ0n) is 8.63. The molecule has 1 heterocycles. The molecular weight excluding hydrogens is 277 g/mol. The summed E-state index contributed by atoms with van der Waals surface area (Å²) in [7, 11) is 0. The van der Waals surface area contributed by atoms with Crippen LogP contribution in [0, 0.1) is 5.92 Å². The molecule has 0 radical (unpaired) electrons. The summed E-state index contributed by atoms with van der Waals surface area (Å²) in [5.74, 6) is 0.907. The Bertz CT molecular complexity index is 133. The smallest absolute Gasteiger partial charge is 0.0518 e. The van der Waals surface area contributed by atoms with Gasteiger partial charge in [-0.05, 0) is 39.0 Å². The van der Waals surface area contributed by atoms with Crippen LogP contribution >= 0.6 is 22.9 Å². The topological polar surface area (TPSA) is 12.5 Å². The fraction of sp³-hybridized carbons (Fsp3) is 1.00. The fourth-order valence-corrected chi connectivity index (χ4v) is 2.22. The molecule has 0 aromatic carbocycles. The van der Waals surface area contributed by atoms with Crippen molar-refractivity contribution < 1.29 is 4.74 Å². The molecule has 0 N–H and O–H groups in total. The molecule has 1 aliphatic rings. The van der Waals surface area contributed by atoms with E-state index in [1.54, 1.807) is 0 Å². The van der Waals surface area contributed by atoms with Crippen LogP contribution < -0.4 is 0 Å². The lowest BCUT2D eigenvalue weighted by Gasteiger charge is -2.27. The van der Waals surface area contributed by atoms with E-state index in [2.05, 4.69) is 39.8 Å². The molecule has 1 rings (SSSR count). The fourth-order valence-electron chi connectivity index (χ4n) is 1.66. The molecule has 0 amide bonds. The maximum atomic E-state index is 5.56. The lowest BCUT2D eigenvalue weighted by atomic mass is 9.95. The van der Waals surface area contributed by atoms with E-state index < -0.39 is 0 Å². The molecule has 3 heteroatoms. The number of hydrogen-bond acceptors (Lipinski definition) is 2. The molecule has 2 nitrogen and oxygen atoms in total. The van der Waals surface area contributed by atoms with Crippen LogP contribution in [-0.4, -0.2) is 28.9 Å². The predicted octanol–water partition coefficient (Wildman–Crippen LogP) is 2.86. The number of rotatable bonds is 4. The van der Waals surface area contributed by atoms with E-state index in [0.29, 0.717) is 6.10 Å². The standard InChI is InChI=1S/C10H20INO/c1-9(2)13-8-5-10-3-6-12(11)7-4-10/h9-10H,3-8H2,1-2H3. The van der Waals surface area contributed by atoms with Gasteiger partial charge in [-0.3, -0.25) is 0 Å². The largest absolute Gasteiger partial charge is 0.379 e. The molecule has 13 heavy (non-hydrogen) atoms. The molecule has 0 spiro atoms. The second kappa shape index (κ2) is 6.19. The van der Waals surface area contributed by atoms with Crippen LogP contribution in [0.25, 0.3) is 0 Å². The van der Waals surface area contributed by atoms with Crippen LogP contribution in [0.5, 0.6) is 0 Å². The number of nitrogens with zero attached hydrogens (tertiary/aromatic N) is 1. The van der Waals surface area contributed by atoms with Crippen molar-refractivity contribution in [2.45, 2.75) is 39.2 Å². The highest BCUT2D eigenvalue weighted by atomic mass is 127. The minimum atomic E-state index is 0.393. The van der Waals surface area contributed by atoms with Crippen LogP contribution in [0.1, 0.15) is 33.1 Å². The lowest BCUT2D eigenvalue weighted by molar-refractivity contribution is 0.0640. The van der Waals surface area contributed by atoms with Crippen molar-refractivity contribution in [2.75, 3.05) is 19.7 Å². The van der Waals surface area contributed by atoms with Gasteiger partial charge in [-0.1, -0.05) is 0 Å². The molecule has 0 aliphatic carbocycles. The van der Waals surface area contributed by atoms with Gasteiger partial charge in [-0.2, -0.15) is 0 Å². The summed E-state index contributed by atoms with van der Waals surface area (Å²) in [6.07, 6.45) is 4.35. The first kappa shape index (κ1) is 11.7. The molecule has 0 aromatic heterocycles. The van der Waals surface area contributed by atoms with Gasteiger partial charge in [0.15, 0.2) is 0 Å². The van der Waals surface area contributed by atoms with Gasteiger partial charge in [0.1, 0.15) is 0 Å². The van der Waals surface area contributed by atoms with Crippen LogP contribution in [-0.2, 0) is 4.74 Å². The molecule has 1 aliphatic heterocycles. The van der Waals surface area contributed by atoms with Gasteiger partial charge in [-0.15, -0.1) is 0 Å². The van der Waals surface area contributed by atoms with Gasteiger partial charge in [0, 0.05) is 42.6 Å².